The van der Waals surface area contributed by atoms with Crippen LogP contribution in [0, 0.1) is 5.41 Å². The Morgan fingerprint density at radius 1 is 1.44 bits per heavy atom. The molecule has 16 heavy (non-hydrogen) atoms. The molecule has 0 amide bonds. The third-order valence-corrected chi connectivity index (χ3v) is 3.12. The highest BCUT2D eigenvalue weighted by molar-refractivity contribution is 5.58. The van der Waals surface area contributed by atoms with Crippen molar-refractivity contribution < 1.29 is 8.78 Å². The van der Waals surface area contributed by atoms with E-state index in [-0.39, 0.29) is 5.56 Å². The molecule has 0 aromatic heterocycles. The van der Waals surface area contributed by atoms with Gasteiger partial charge in [0.1, 0.15) is 0 Å². The summed E-state index contributed by atoms with van der Waals surface area (Å²) in [5.41, 5.74) is 6.65. The molecule has 1 aliphatic rings. The predicted molar refractivity (Wildman–Crippen MR) is 61.6 cm³/mol. The maximum Gasteiger partial charge on any atom is 0.265 e. The quantitative estimate of drug-likeness (QED) is 0.772. The van der Waals surface area contributed by atoms with Crippen molar-refractivity contribution in [2.24, 2.45) is 5.41 Å². The zero-order chi connectivity index (χ0) is 11.8. The number of nitrogens with one attached hydrogen (secondary N) is 1. The van der Waals surface area contributed by atoms with Gasteiger partial charge >= 0.3 is 0 Å². The monoisotopic (exact) mass is 226 g/mol. The Kier molecular flexibility index (Phi) is 2.74. The first-order chi connectivity index (χ1) is 7.50. The summed E-state index contributed by atoms with van der Waals surface area (Å²) in [5.74, 6) is 0. The van der Waals surface area contributed by atoms with Crippen LogP contribution in [0.4, 0.5) is 20.2 Å². The van der Waals surface area contributed by atoms with Crippen LogP contribution in [0.15, 0.2) is 18.2 Å². The minimum absolute atomic E-state index is 0.00995. The lowest BCUT2D eigenvalue weighted by Gasteiger charge is -2.15. The average Bonchev–Trinajstić information content (AvgIpc) is 2.95. The Morgan fingerprint density at radius 3 is 2.69 bits per heavy atom. The van der Waals surface area contributed by atoms with E-state index < -0.39 is 6.43 Å². The summed E-state index contributed by atoms with van der Waals surface area (Å²) in [6.07, 6.45) is -0.157. The van der Waals surface area contributed by atoms with E-state index in [1.165, 1.54) is 18.9 Å². The Bertz CT molecular complexity index is 387. The minimum Gasteiger partial charge on any atom is -0.399 e. The topological polar surface area (TPSA) is 38.0 Å². The van der Waals surface area contributed by atoms with Crippen LogP contribution in [-0.4, -0.2) is 6.54 Å². The summed E-state index contributed by atoms with van der Waals surface area (Å²) < 4.78 is 25.5. The van der Waals surface area contributed by atoms with Crippen molar-refractivity contribution in [3.8, 4) is 0 Å². The number of rotatable bonds is 4. The van der Waals surface area contributed by atoms with Crippen molar-refractivity contribution in [1.82, 2.24) is 0 Å². The smallest absolute Gasteiger partial charge is 0.265 e. The predicted octanol–water partition coefficient (Wildman–Crippen LogP) is 3.42. The first kappa shape index (κ1) is 11.2. The fraction of sp³-hybridized carbons (Fsp3) is 0.500. The van der Waals surface area contributed by atoms with E-state index >= 15 is 0 Å². The van der Waals surface area contributed by atoms with Crippen LogP contribution < -0.4 is 11.1 Å². The van der Waals surface area contributed by atoms with Crippen LogP contribution in [0.5, 0.6) is 0 Å². The third-order valence-electron chi connectivity index (χ3n) is 3.12. The maximum absolute atomic E-state index is 12.7. The zero-order valence-corrected chi connectivity index (χ0v) is 9.26. The van der Waals surface area contributed by atoms with Gasteiger partial charge in [-0.3, -0.25) is 0 Å². The summed E-state index contributed by atoms with van der Waals surface area (Å²) in [5, 5.41) is 3.09. The third kappa shape index (κ3) is 2.43. The number of nitrogen functional groups attached to an aromatic ring is 1. The van der Waals surface area contributed by atoms with E-state index in [0.29, 0.717) is 16.8 Å². The molecule has 1 aromatic rings. The van der Waals surface area contributed by atoms with Crippen molar-refractivity contribution in [3.63, 3.8) is 0 Å². The molecule has 0 aliphatic heterocycles. The average molecular weight is 226 g/mol. The van der Waals surface area contributed by atoms with Gasteiger partial charge in [-0.05, 0) is 36.5 Å². The Morgan fingerprint density at radius 2 is 2.12 bits per heavy atom. The van der Waals surface area contributed by atoms with Gasteiger partial charge in [0.2, 0.25) is 0 Å². The van der Waals surface area contributed by atoms with Crippen LogP contribution in [0.1, 0.15) is 31.8 Å². The molecule has 88 valence electrons. The molecule has 0 bridgehead atoms. The first-order valence-corrected chi connectivity index (χ1v) is 5.42. The highest BCUT2D eigenvalue weighted by Crippen LogP contribution is 2.45. The van der Waals surface area contributed by atoms with E-state index in [0.717, 1.165) is 6.54 Å². The standard InChI is InChI=1S/C12H16F2N2/c1-12(4-5-12)7-16-10-3-2-8(15)6-9(10)11(13)14/h2-3,6,11,16H,4-5,7,15H2,1H3. The van der Waals surface area contributed by atoms with Gasteiger partial charge in [0.15, 0.2) is 0 Å². The highest BCUT2D eigenvalue weighted by atomic mass is 19.3. The molecular formula is C12H16F2N2. The molecule has 1 aliphatic carbocycles. The van der Waals surface area contributed by atoms with Crippen LogP contribution >= 0.6 is 0 Å². The van der Waals surface area contributed by atoms with E-state index in [9.17, 15) is 8.78 Å². The molecule has 1 saturated carbocycles. The second-order valence-electron chi connectivity index (χ2n) is 4.81. The van der Waals surface area contributed by atoms with E-state index in [1.54, 1.807) is 12.1 Å². The first-order valence-electron chi connectivity index (χ1n) is 5.42. The van der Waals surface area contributed by atoms with E-state index in [2.05, 4.69) is 12.2 Å². The molecule has 0 spiro atoms. The van der Waals surface area contributed by atoms with Gasteiger partial charge in [-0.2, -0.15) is 0 Å². The number of halogens is 2. The molecule has 4 heteroatoms. The van der Waals surface area contributed by atoms with Crippen molar-refractivity contribution in [2.75, 3.05) is 17.6 Å². The van der Waals surface area contributed by atoms with Crippen molar-refractivity contribution >= 4 is 11.4 Å². The SMILES string of the molecule is CC1(CNc2ccc(N)cc2C(F)F)CC1. The summed E-state index contributed by atoms with van der Waals surface area (Å²) in [6, 6.07) is 4.61. The molecule has 0 saturated heterocycles. The van der Waals surface area contributed by atoms with Crippen molar-refractivity contribution in [2.45, 2.75) is 26.2 Å². The lowest BCUT2D eigenvalue weighted by atomic mass is 10.1. The Hall–Kier alpha value is -1.32. The van der Waals surface area contributed by atoms with Gasteiger partial charge in [0.05, 0.1) is 0 Å². The number of hydrogen-bond acceptors (Lipinski definition) is 2. The van der Waals surface area contributed by atoms with Gasteiger partial charge in [-0.1, -0.05) is 6.92 Å². The van der Waals surface area contributed by atoms with Gasteiger partial charge in [-0.15, -0.1) is 0 Å². The van der Waals surface area contributed by atoms with E-state index in [4.69, 9.17) is 5.73 Å². The summed E-state index contributed by atoms with van der Waals surface area (Å²) in [4.78, 5) is 0. The number of hydrogen-bond donors (Lipinski definition) is 2. The Balaban J connectivity index is 2.12. The molecule has 2 nitrogen and oxygen atoms in total. The number of nitrogens with two attached hydrogens (primary N) is 1. The summed E-state index contributed by atoms with van der Waals surface area (Å²) in [6.45, 7) is 2.90. The van der Waals surface area contributed by atoms with Gasteiger partial charge < -0.3 is 11.1 Å². The molecule has 0 unspecified atom stereocenters. The fourth-order valence-electron chi connectivity index (χ4n) is 1.62. The van der Waals surface area contributed by atoms with Crippen LogP contribution in [0.25, 0.3) is 0 Å². The zero-order valence-electron chi connectivity index (χ0n) is 9.26. The van der Waals surface area contributed by atoms with Crippen LogP contribution in [-0.2, 0) is 0 Å². The number of benzene rings is 1. The number of anilines is 2. The molecule has 1 aromatic carbocycles. The lowest BCUT2D eigenvalue weighted by molar-refractivity contribution is 0.152. The minimum atomic E-state index is -2.49. The normalized spacial score (nSPS) is 17.5. The second-order valence-corrected chi connectivity index (χ2v) is 4.81. The largest absolute Gasteiger partial charge is 0.399 e. The summed E-state index contributed by atoms with van der Waals surface area (Å²) >= 11 is 0. The van der Waals surface area contributed by atoms with Gasteiger partial charge in [0, 0.05) is 23.5 Å². The van der Waals surface area contributed by atoms with E-state index in [1.807, 2.05) is 0 Å². The molecular weight excluding hydrogens is 210 g/mol. The highest BCUT2D eigenvalue weighted by Gasteiger charge is 2.36. The maximum atomic E-state index is 12.7. The van der Waals surface area contributed by atoms with Crippen LogP contribution in [0.3, 0.4) is 0 Å². The fourth-order valence-corrected chi connectivity index (χ4v) is 1.62. The summed E-state index contributed by atoms with van der Waals surface area (Å²) in [7, 11) is 0. The van der Waals surface area contributed by atoms with Crippen molar-refractivity contribution in [1.29, 1.82) is 0 Å². The molecule has 3 N–H and O–H groups in total. The van der Waals surface area contributed by atoms with Crippen molar-refractivity contribution in [3.05, 3.63) is 23.8 Å². The molecule has 0 radical (unpaired) electrons. The lowest BCUT2D eigenvalue weighted by Crippen LogP contribution is -2.13. The number of alkyl halides is 2. The molecule has 1 fully saturated rings. The Labute approximate surface area is 93.8 Å². The molecule has 0 atom stereocenters. The molecule has 0 heterocycles. The van der Waals surface area contributed by atoms with Gasteiger partial charge in [-0.25, -0.2) is 8.78 Å². The second kappa shape index (κ2) is 3.92. The van der Waals surface area contributed by atoms with Crippen LogP contribution in [0.2, 0.25) is 0 Å². The van der Waals surface area contributed by atoms with Gasteiger partial charge in [0.25, 0.3) is 6.43 Å². The molecule has 2 rings (SSSR count).